The first-order chi connectivity index (χ1) is 9.31. The van der Waals surface area contributed by atoms with Crippen molar-refractivity contribution in [3.05, 3.63) is 57.6 Å². The Labute approximate surface area is 128 Å². The van der Waals surface area contributed by atoms with Gasteiger partial charge >= 0.3 is 0 Å². The Morgan fingerprint density at radius 2 is 1.60 bits per heavy atom. The lowest BCUT2D eigenvalue weighted by molar-refractivity contribution is 0.601. The number of hydrogen-bond acceptors (Lipinski definition) is 2. The highest BCUT2D eigenvalue weighted by atomic mass is 35.5. The van der Waals surface area contributed by atoms with Crippen LogP contribution in [0.5, 0.6) is 0 Å². The molecule has 0 fully saturated rings. The number of nitrogens with one attached hydrogen (secondary N) is 1. The lowest BCUT2D eigenvalue weighted by Crippen LogP contribution is -2.15. The Morgan fingerprint density at radius 3 is 2.20 bits per heavy atom. The van der Waals surface area contributed by atoms with Gasteiger partial charge in [0.15, 0.2) is 0 Å². The Bertz CT molecular complexity index is 738. The molecular weight excluding hydrogens is 317 g/mol. The third-order valence-corrected chi connectivity index (χ3v) is 5.15. The highest BCUT2D eigenvalue weighted by Gasteiger charge is 2.22. The van der Waals surface area contributed by atoms with Crippen LogP contribution < -0.4 is 4.72 Å². The van der Waals surface area contributed by atoms with Gasteiger partial charge in [-0.2, -0.15) is 0 Å². The predicted octanol–water partition coefficient (Wildman–Crippen LogP) is 4.41. The summed E-state index contributed by atoms with van der Waals surface area (Å²) in [4.78, 5) is -0.107. The van der Waals surface area contributed by atoms with Gasteiger partial charge in [-0.05, 0) is 43.2 Å². The maximum Gasteiger partial charge on any atom is 0.264 e. The quantitative estimate of drug-likeness (QED) is 0.906. The number of rotatable bonds is 3. The summed E-state index contributed by atoms with van der Waals surface area (Å²) in [7, 11) is -3.83. The largest absolute Gasteiger partial charge is 0.279 e. The summed E-state index contributed by atoms with van der Waals surface area (Å²) in [5.41, 5.74) is 2.29. The second-order valence-corrected chi connectivity index (χ2v) is 6.91. The molecule has 0 saturated carbocycles. The van der Waals surface area contributed by atoms with Crippen LogP contribution in [0, 0.1) is 13.8 Å². The second kappa shape index (κ2) is 5.64. The smallest absolute Gasteiger partial charge is 0.264 e. The molecular formula is C14H13Cl2NO2S. The fourth-order valence-corrected chi connectivity index (χ4v) is 4.05. The summed E-state index contributed by atoms with van der Waals surface area (Å²) in [6.45, 7) is 3.71. The van der Waals surface area contributed by atoms with E-state index in [2.05, 4.69) is 4.72 Å². The third-order valence-electron chi connectivity index (χ3n) is 2.83. The number of halogens is 2. The van der Waals surface area contributed by atoms with Gasteiger partial charge in [0.2, 0.25) is 0 Å². The van der Waals surface area contributed by atoms with Crippen molar-refractivity contribution in [1.82, 2.24) is 0 Å². The summed E-state index contributed by atoms with van der Waals surface area (Å²) in [5, 5.41) is 0.186. The Kier molecular flexibility index (Phi) is 4.28. The molecule has 2 aromatic carbocycles. The average Bonchev–Trinajstić information content (AvgIpc) is 2.33. The molecule has 0 saturated heterocycles. The zero-order chi connectivity index (χ0) is 14.9. The molecule has 0 spiro atoms. The molecule has 20 heavy (non-hydrogen) atoms. The van der Waals surface area contributed by atoms with Crippen molar-refractivity contribution >= 4 is 38.9 Å². The first-order valence-corrected chi connectivity index (χ1v) is 8.09. The molecule has 0 aliphatic heterocycles. The second-order valence-electron chi connectivity index (χ2n) is 4.47. The number of benzene rings is 2. The minimum Gasteiger partial charge on any atom is -0.279 e. The fourth-order valence-electron chi connectivity index (χ4n) is 1.78. The van der Waals surface area contributed by atoms with Crippen LogP contribution in [-0.2, 0) is 10.0 Å². The van der Waals surface area contributed by atoms with Crippen LogP contribution in [0.25, 0.3) is 0 Å². The Balaban J connectivity index is 2.49. The van der Waals surface area contributed by atoms with Crippen molar-refractivity contribution in [3.63, 3.8) is 0 Å². The lowest BCUT2D eigenvalue weighted by atomic mass is 10.1. The third kappa shape index (κ3) is 3.08. The molecule has 0 heterocycles. The van der Waals surface area contributed by atoms with Crippen molar-refractivity contribution in [2.75, 3.05) is 4.72 Å². The van der Waals surface area contributed by atoms with Crippen molar-refractivity contribution in [3.8, 4) is 0 Å². The van der Waals surface area contributed by atoms with E-state index in [0.29, 0.717) is 5.69 Å². The summed E-state index contributed by atoms with van der Waals surface area (Å²) < 4.78 is 27.4. The molecule has 6 heteroatoms. The SMILES string of the molecule is Cc1ccc(C)c(NS(=O)(=O)c2c(Cl)cccc2Cl)c1. The number of hydrogen-bond donors (Lipinski definition) is 1. The van der Waals surface area contributed by atoms with Crippen LogP contribution in [0.15, 0.2) is 41.3 Å². The van der Waals surface area contributed by atoms with Crippen LogP contribution in [0.4, 0.5) is 5.69 Å². The maximum absolute atomic E-state index is 12.4. The van der Waals surface area contributed by atoms with Gasteiger partial charge < -0.3 is 0 Å². The van der Waals surface area contributed by atoms with Gasteiger partial charge in [0.1, 0.15) is 4.90 Å². The van der Waals surface area contributed by atoms with Gasteiger partial charge in [-0.3, -0.25) is 4.72 Å². The van der Waals surface area contributed by atoms with Crippen LogP contribution in [0.3, 0.4) is 0 Å². The zero-order valence-corrected chi connectivity index (χ0v) is 13.3. The van der Waals surface area contributed by atoms with E-state index in [1.54, 1.807) is 12.1 Å². The first-order valence-electron chi connectivity index (χ1n) is 5.85. The predicted molar refractivity (Wildman–Crippen MR) is 83.2 cm³/mol. The molecule has 0 bridgehead atoms. The van der Waals surface area contributed by atoms with Gasteiger partial charge in [0, 0.05) is 0 Å². The topological polar surface area (TPSA) is 46.2 Å². The fraction of sp³-hybridized carbons (Fsp3) is 0.143. The van der Waals surface area contributed by atoms with Gasteiger partial charge in [-0.25, -0.2) is 8.42 Å². The zero-order valence-electron chi connectivity index (χ0n) is 10.9. The molecule has 0 aliphatic carbocycles. The molecule has 0 aliphatic rings. The van der Waals surface area contributed by atoms with Gasteiger partial charge in [0.05, 0.1) is 15.7 Å². The monoisotopic (exact) mass is 329 g/mol. The minimum atomic E-state index is -3.83. The van der Waals surface area contributed by atoms with Gasteiger partial charge in [-0.15, -0.1) is 0 Å². The van der Waals surface area contributed by atoms with Crippen molar-refractivity contribution in [2.45, 2.75) is 18.7 Å². The molecule has 0 radical (unpaired) electrons. The van der Waals surface area contributed by atoms with Crippen LogP contribution in [-0.4, -0.2) is 8.42 Å². The van der Waals surface area contributed by atoms with Crippen LogP contribution >= 0.6 is 23.2 Å². The normalized spacial score (nSPS) is 11.4. The van der Waals surface area contributed by atoms with E-state index in [-0.39, 0.29) is 14.9 Å². The standard InChI is InChI=1S/C14H13Cl2NO2S/c1-9-6-7-10(2)13(8-9)17-20(18,19)14-11(15)4-3-5-12(14)16/h3-8,17H,1-2H3. The van der Waals surface area contributed by atoms with E-state index in [1.807, 2.05) is 26.0 Å². The molecule has 0 atom stereocenters. The van der Waals surface area contributed by atoms with E-state index in [1.165, 1.54) is 12.1 Å². The van der Waals surface area contributed by atoms with E-state index in [0.717, 1.165) is 11.1 Å². The van der Waals surface area contributed by atoms with E-state index in [9.17, 15) is 8.42 Å². The van der Waals surface area contributed by atoms with Gasteiger partial charge in [0.25, 0.3) is 10.0 Å². The van der Waals surface area contributed by atoms with Crippen LogP contribution in [0.2, 0.25) is 10.0 Å². The van der Waals surface area contributed by atoms with E-state index >= 15 is 0 Å². The number of aryl methyl sites for hydroxylation is 2. The molecule has 3 nitrogen and oxygen atoms in total. The van der Waals surface area contributed by atoms with E-state index < -0.39 is 10.0 Å². The molecule has 2 rings (SSSR count). The number of anilines is 1. The molecule has 2 aromatic rings. The highest BCUT2D eigenvalue weighted by Crippen LogP contribution is 2.31. The summed E-state index contributed by atoms with van der Waals surface area (Å²) >= 11 is 11.9. The lowest BCUT2D eigenvalue weighted by Gasteiger charge is -2.13. The molecule has 0 aromatic heterocycles. The minimum absolute atomic E-state index is 0.0929. The summed E-state index contributed by atoms with van der Waals surface area (Å²) in [6.07, 6.45) is 0. The molecule has 0 unspecified atom stereocenters. The van der Waals surface area contributed by atoms with Crippen molar-refractivity contribution in [2.24, 2.45) is 0 Å². The average molecular weight is 330 g/mol. The first kappa shape index (κ1) is 15.2. The van der Waals surface area contributed by atoms with Crippen LogP contribution in [0.1, 0.15) is 11.1 Å². The Hall–Kier alpha value is -1.23. The van der Waals surface area contributed by atoms with Crippen molar-refractivity contribution in [1.29, 1.82) is 0 Å². The highest BCUT2D eigenvalue weighted by molar-refractivity contribution is 7.93. The molecule has 106 valence electrons. The Morgan fingerprint density at radius 1 is 1.00 bits per heavy atom. The summed E-state index contributed by atoms with van der Waals surface area (Å²) in [5.74, 6) is 0. The molecule has 0 amide bonds. The van der Waals surface area contributed by atoms with Gasteiger partial charge in [-0.1, -0.05) is 41.4 Å². The van der Waals surface area contributed by atoms with E-state index in [4.69, 9.17) is 23.2 Å². The molecule has 1 N–H and O–H groups in total. The van der Waals surface area contributed by atoms with Crippen molar-refractivity contribution < 1.29 is 8.42 Å². The summed E-state index contributed by atoms with van der Waals surface area (Å²) in [6, 6.07) is 10.1. The maximum atomic E-state index is 12.4. The number of sulfonamides is 1.